The van der Waals surface area contributed by atoms with E-state index in [0.29, 0.717) is 6.04 Å². The average Bonchev–Trinajstić information content (AvgIpc) is 3.01. The van der Waals surface area contributed by atoms with Crippen molar-refractivity contribution >= 4 is 0 Å². The van der Waals surface area contributed by atoms with E-state index in [1.54, 1.807) is 0 Å². The second-order valence-electron chi connectivity index (χ2n) is 4.61. The van der Waals surface area contributed by atoms with Crippen molar-refractivity contribution < 1.29 is 0 Å². The van der Waals surface area contributed by atoms with Gasteiger partial charge in [0.25, 0.3) is 0 Å². The second kappa shape index (κ2) is 5.72. The summed E-state index contributed by atoms with van der Waals surface area (Å²) in [5, 5.41) is 3.45. The second-order valence-corrected chi connectivity index (χ2v) is 4.61. The molecule has 0 heterocycles. The van der Waals surface area contributed by atoms with E-state index in [-0.39, 0.29) is 0 Å². The first-order valence-corrected chi connectivity index (χ1v) is 6.13. The Labute approximate surface area is 89.1 Å². The topological polar surface area (TPSA) is 15.3 Å². The van der Waals surface area contributed by atoms with Gasteiger partial charge in [-0.25, -0.2) is 0 Å². The van der Waals surface area contributed by atoms with Crippen LogP contribution in [-0.2, 0) is 0 Å². The molecule has 0 aliphatic heterocycles. The molecule has 0 spiro atoms. The van der Waals surface area contributed by atoms with Gasteiger partial charge in [0.15, 0.2) is 0 Å². The Hall–Kier alpha value is -0.0800. The van der Waals surface area contributed by atoms with Crippen LogP contribution in [0, 0.1) is 5.92 Å². The van der Waals surface area contributed by atoms with Crippen molar-refractivity contribution in [3.8, 4) is 0 Å². The molecule has 2 atom stereocenters. The van der Waals surface area contributed by atoms with Crippen molar-refractivity contribution in [2.75, 3.05) is 20.1 Å². The summed E-state index contributed by atoms with van der Waals surface area (Å²) in [6, 6.07) is 1.49. The molecular formula is C12H26N2. The minimum absolute atomic E-state index is 0.713. The first-order valence-electron chi connectivity index (χ1n) is 6.13. The molecule has 1 fully saturated rings. The smallest absolute Gasteiger partial charge is 0.0217 e. The van der Waals surface area contributed by atoms with Crippen LogP contribution in [0.1, 0.15) is 40.0 Å². The van der Waals surface area contributed by atoms with E-state index in [0.717, 1.165) is 25.0 Å². The minimum Gasteiger partial charge on any atom is -0.315 e. The summed E-state index contributed by atoms with van der Waals surface area (Å²) in [7, 11) is 2.29. The van der Waals surface area contributed by atoms with Crippen molar-refractivity contribution in [1.82, 2.24) is 10.2 Å². The van der Waals surface area contributed by atoms with E-state index in [1.807, 2.05) is 0 Å². The molecule has 0 radical (unpaired) electrons. The molecule has 1 aliphatic rings. The highest BCUT2D eigenvalue weighted by molar-refractivity contribution is 4.86. The molecule has 1 aliphatic carbocycles. The molecule has 1 N–H and O–H groups in total. The lowest BCUT2D eigenvalue weighted by Gasteiger charge is -2.33. The summed E-state index contributed by atoms with van der Waals surface area (Å²) in [4.78, 5) is 2.57. The van der Waals surface area contributed by atoms with Crippen LogP contribution in [0.3, 0.4) is 0 Å². The van der Waals surface area contributed by atoms with Crippen LogP contribution in [0.15, 0.2) is 0 Å². The van der Waals surface area contributed by atoms with Crippen LogP contribution in [0.25, 0.3) is 0 Å². The number of rotatable bonds is 7. The average molecular weight is 198 g/mol. The summed E-state index contributed by atoms with van der Waals surface area (Å²) in [6.07, 6.45) is 4.15. The SMILES string of the molecule is CCNCC(CC)N(C)C(C)C1CC1. The van der Waals surface area contributed by atoms with Crippen LogP contribution in [0.4, 0.5) is 0 Å². The van der Waals surface area contributed by atoms with E-state index in [9.17, 15) is 0 Å². The van der Waals surface area contributed by atoms with Crippen molar-refractivity contribution in [3.05, 3.63) is 0 Å². The fourth-order valence-corrected chi connectivity index (χ4v) is 2.13. The van der Waals surface area contributed by atoms with E-state index < -0.39 is 0 Å². The highest BCUT2D eigenvalue weighted by Gasteiger charge is 2.32. The molecule has 0 amide bonds. The number of nitrogens with zero attached hydrogens (tertiary/aromatic N) is 1. The zero-order valence-electron chi connectivity index (χ0n) is 10.2. The fourth-order valence-electron chi connectivity index (χ4n) is 2.13. The zero-order chi connectivity index (χ0) is 10.6. The maximum atomic E-state index is 3.45. The van der Waals surface area contributed by atoms with Gasteiger partial charge in [-0.1, -0.05) is 13.8 Å². The van der Waals surface area contributed by atoms with Gasteiger partial charge in [-0.2, -0.15) is 0 Å². The van der Waals surface area contributed by atoms with Gasteiger partial charge in [-0.15, -0.1) is 0 Å². The van der Waals surface area contributed by atoms with E-state index in [4.69, 9.17) is 0 Å². The lowest BCUT2D eigenvalue weighted by molar-refractivity contribution is 0.160. The van der Waals surface area contributed by atoms with Crippen LogP contribution in [-0.4, -0.2) is 37.1 Å². The van der Waals surface area contributed by atoms with Gasteiger partial charge in [0.05, 0.1) is 0 Å². The summed E-state index contributed by atoms with van der Waals surface area (Å²) in [5.41, 5.74) is 0. The maximum Gasteiger partial charge on any atom is 0.0217 e. The van der Waals surface area contributed by atoms with Crippen LogP contribution in [0.2, 0.25) is 0 Å². The highest BCUT2D eigenvalue weighted by Crippen LogP contribution is 2.35. The predicted octanol–water partition coefficient (Wildman–Crippen LogP) is 2.10. The number of hydrogen-bond donors (Lipinski definition) is 1. The highest BCUT2D eigenvalue weighted by atomic mass is 15.2. The Kier molecular flexibility index (Phi) is 4.90. The van der Waals surface area contributed by atoms with Gasteiger partial charge in [0, 0.05) is 18.6 Å². The number of likely N-dealkylation sites (N-methyl/N-ethyl adjacent to an activating group) is 2. The predicted molar refractivity (Wildman–Crippen MR) is 62.6 cm³/mol. The van der Waals surface area contributed by atoms with Crippen molar-refractivity contribution in [3.63, 3.8) is 0 Å². The van der Waals surface area contributed by atoms with E-state index in [1.165, 1.54) is 19.3 Å². The third kappa shape index (κ3) is 3.25. The Morgan fingerprint density at radius 3 is 2.43 bits per heavy atom. The minimum atomic E-state index is 0.713. The van der Waals surface area contributed by atoms with Gasteiger partial charge in [-0.3, -0.25) is 4.90 Å². The first-order chi connectivity index (χ1) is 6.70. The van der Waals surface area contributed by atoms with E-state index in [2.05, 4.69) is 38.0 Å². The Bertz CT molecular complexity index is 154. The molecule has 1 rings (SSSR count). The van der Waals surface area contributed by atoms with Gasteiger partial charge in [-0.05, 0) is 45.7 Å². The van der Waals surface area contributed by atoms with Crippen LogP contribution >= 0.6 is 0 Å². The monoisotopic (exact) mass is 198 g/mol. The fraction of sp³-hybridized carbons (Fsp3) is 1.00. The Morgan fingerprint density at radius 1 is 1.36 bits per heavy atom. The third-order valence-corrected chi connectivity index (χ3v) is 3.62. The Balaban J connectivity index is 2.33. The molecular weight excluding hydrogens is 172 g/mol. The summed E-state index contributed by atoms with van der Waals surface area (Å²) in [5.74, 6) is 0.982. The molecule has 2 nitrogen and oxygen atoms in total. The molecule has 0 saturated heterocycles. The van der Waals surface area contributed by atoms with Crippen molar-refractivity contribution in [2.24, 2.45) is 5.92 Å². The lowest BCUT2D eigenvalue weighted by Crippen LogP contribution is -2.45. The number of hydrogen-bond acceptors (Lipinski definition) is 2. The largest absolute Gasteiger partial charge is 0.315 e. The van der Waals surface area contributed by atoms with Gasteiger partial charge in [0.1, 0.15) is 0 Å². The van der Waals surface area contributed by atoms with Crippen molar-refractivity contribution in [1.29, 1.82) is 0 Å². The van der Waals surface area contributed by atoms with Gasteiger partial charge >= 0.3 is 0 Å². The quantitative estimate of drug-likeness (QED) is 0.674. The van der Waals surface area contributed by atoms with Crippen LogP contribution < -0.4 is 5.32 Å². The zero-order valence-corrected chi connectivity index (χ0v) is 10.2. The molecule has 2 heteroatoms. The molecule has 0 aromatic rings. The molecule has 84 valence electrons. The summed E-state index contributed by atoms with van der Waals surface area (Å²) < 4.78 is 0. The maximum absolute atomic E-state index is 3.45. The normalized spacial score (nSPS) is 21.2. The van der Waals surface area contributed by atoms with Gasteiger partial charge in [0.2, 0.25) is 0 Å². The molecule has 1 saturated carbocycles. The standard InChI is InChI=1S/C12H26N2/c1-5-12(9-13-6-2)14(4)10(3)11-7-8-11/h10-13H,5-9H2,1-4H3. The van der Waals surface area contributed by atoms with Gasteiger partial charge < -0.3 is 5.32 Å². The molecule has 0 aromatic carbocycles. The third-order valence-electron chi connectivity index (χ3n) is 3.62. The number of nitrogens with one attached hydrogen (secondary N) is 1. The summed E-state index contributed by atoms with van der Waals surface area (Å²) in [6.45, 7) is 9.07. The lowest BCUT2D eigenvalue weighted by atomic mass is 10.1. The van der Waals surface area contributed by atoms with E-state index >= 15 is 0 Å². The molecule has 0 aromatic heterocycles. The summed E-state index contributed by atoms with van der Waals surface area (Å²) >= 11 is 0. The first kappa shape index (κ1) is 12.0. The molecule has 14 heavy (non-hydrogen) atoms. The molecule has 0 bridgehead atoms. The van der Waals surface area contributed by atoms with Crippen LogP contribution in [0.5, 0.6) is 0 Å². The Morgan fingerprint density at radius 2 is 2.00 bits per heavy atom. The van der Waals surface area contributed by atoms with Crippen molar-refractivity contribution in [2.45, 2.75) is 52.1 Å². The molecule has 2 unspecified atom stereocenters.